The number of nitroso groups, excluding NO2 is 1. The van der Waals surface area contributed by atoms with E-state index in [4.69, 9.17) is 0 Å². The summed E-state index contributed by atoms with van der Waals surface area (Å²) in [7, 11) is 0. The molecule has 110 valence electrons. The van der Waals surface area contributed by atoms with Crippen LogP contribution >= 0.6 is 0 Å². The van der Waals surface area contributed by atoms with Gasteiger partial charge in [0, 0.05) is 33.8 Å². The SMILES string of the molecule is O=[N+]([O-])c1ccc(C2=C[N+](=O)[C@H]3CCCC[C@H]3N2[O-])cc1. The fraction of sp³-hybridized carbons (Fsp3) is 0.429. The first kappa shape index (κ1) is 13.7. The number of fused-ring (bicyclic) bond motifs is 1. The van der Waals surface area contributed by atoms with Crippen molar-refractivity contribution in [3.8, 4) is 0 Å². The second-order valence-electron chi connectivity index (χ2n) is 5.42. The standard InChI is InChI=1S/C14H15N3O4/c18-15-9-14(10-5-7-11(8-6-10)17(20)21)16(19)13-4-2-1-3-12(13)15/h5-9,12-13H,1-4H2/t12-,13+/m0/s1. The molecule has 1 aromatic carbocycles. The minimum atomic E-state index is -0.495. The zero-order chi connectivity index (χ0) is 15.0. The zero-order valence-corrected chi connectivity index (χ0v) is 11.3. The third kappa shape index (κ3) is 2.40. The van der Waals surface area contributed by atoms with Gasteiger partial charge in [-0.1, -0.05) is 6.42 Å². The average molecular weight is 289 g/mol. The van der Waals surface area contributed by atoms with E-state index < -0.39 is 4.92 Å². The van der Waals surface area contributed by atoms with Crippen molar-refractivity contribution in [1.29, 1.82) is 0 Å². The van der Waals surface area contributed by atoms with Gasteiger partial charge in [-0.2, -0.15) is 0 Å². The maximum Gasteiger partial charge on any atom is 0.269 e. The Balaban J connectivity index is 1.93. The molecule has 0 aromatic heterocycles. The van der Waals surface area contributed by atoms with E-state index in [9.17, 15) is 20.2 Å². The molecule has 3 rings (SSSR count). The maximum atomic E-state index is 12.5. The van der Waals surface area contributed by atoms with Crippen molar-refractivity contribution in [2.24, 2.45) is 0 Å². The van der Waals surface area contributed by atoms with Crippen LogP contribution in [0.5, 0.6) is 0 Å². The molecule has 0 bridgehead atoms. The monoisotopic (exact) mass is 289 g/mol. The van der Waals surface area contributed by atoms with Gasteiger partial charge in [0.05, 0.1) is 11.0 Å². The van der Waals surface area contributed by atoms with E-state index in [0.29, 0.717) is 12.0 Å². The van der Waals surface area contributed by atoms with E-state index in [2.05, 4.69) is 0 Å². The van der Waals surface area contributed by atoms with Gasteiger partial charge in [0.25, 0.3) is 5.69 Å². The topological polar surface area (TPSA) is 89.5 Å². The second-order valence-corrected chi connectivity index (χ2v) is 5.42. The minimum Gasteiger partial charge on any atom is -0.758 e. The number of nitro groups is 1. The summed E-state index contributed by atoms with van der Waals surface area (Å²) in [5.41, 5.74) is 0.769. The molecule has 1 aliphatic carbocycles. The predicted octanol–water partition coefficient (Wildman–Crippen LogP) is 2.80. The Hall–Kier alpha value is -2.28. The molecule has 1 aromatic rings. The molecule has 2 atom stereocenters. The smallest absolute Gasteiger partial charge is 0.269 e. The van der Waals surface area contributed by atoms with Crippen LogP contribution in [0.1, 0.15) is 31.2 Å². The van der Waals surface area contributed by atoms with Crippen molar-refractivity contribution in [3.63, 3.8) is 0 Å². The highest BCUT2D eigenvalue weighted by atomic mass is 16.6. The number of rotatable bonds is 2. The lowest BCUT2D eigenvalue weighted by atomic mass is 9.88. The van der Waals surface area contributed by atoms with Crippen molar-refractivity contribution in [2.45, 2.75) is 37.8 Å². The zero-order valence-electron chi connectivity index (χ0n) is 11.3. The summed E-state index contributed by atoms with van der Waals surface area (Å²) in [6, 6.07) is 5.08. The number of non-ortho nitro benzene ring substituents is 1. The molecule has 0 spiro atoms. The summed E-state index contributed by atoms with van der Waals surface area (Å²) in [6.07, 6.45) is 4.66. The number of nitro benzene ring substituents is 1. The number of benzene rings is 1. The Morgan fingerprint density at radius 2 is 1.86 bits per heavy atom. The summed E-state index contributed by atoms with van der Waals surface area (Å²) in [4.78, 5) is 22.3. The highest BCUT2D eigenvalue weighted by Crippen LogP contribution is 2.34. The number of hydrogen-bond donors (Lipinski definition) is 0. The molecule has 1 aliphatic heterocycles. The molecule has 0 radical (unpaired) electrons. The van der Waals surface area contributed by atoms with Gasteiger partial charge in [-0.05, 0) is 25.0 Å². The lowest BCUT2D eigenvalue weighted by molar-refractivity contribution is -0.536. The van der Waals surface area contributed by atoms with Crippen LogP contribution < -0.4 is 0 Å². The molecule has 1 fully saturated rings. The van der Waals surface area contributed by atoms with E-state index in [-0.39, 0.29) is 23.5 Å². The van der Waals surface area contributed by atoms with Gasteiger partial charge >= 0.3 is 0 Å². The van der Waals surface area contributed by atoms with E-state index in [1.165, 1.54) is 30.5 Å². The van der Waals surface area contributed by atoms with E-state index in [1.54, 1.807) is 0 Å². The normalized spacial score (nSPS) is 25.3. The van der Waals surface area contributed by atoms with Gasteiger partial charge in [-0.25, -0.2) is 0 Å². The fourth-order valence-electron chi connectivity index (χ4n) is 3.07. The highest BCUT2D eigenvalue weighted by Gasteiger charge is 2.41. The van der Waals surface area contributed by atoms with Crippen molar-refractivity contribution in [3.05, 3.63) is 56.3 Å². The minimum absolute atomic E-state index is 0.0397. The van der Waals surface area contributed by atoms with Crippen molar-refractivity contribution in [1.82, 2.24) is 5.06 Å². The molecule has 0 N–H and O–H groups in total. The first-order valence-corrected chi connectivity index (χ1v) is 6.96. The van der Waals surface area contributed by atoms with Gasteiger partial charge in [0.1, 0.15) is 5.70 Å². The number of hydrogen-bond acceptors (Lipinski definition) is 5. The molecule has 0 amide bonds. The summed E-state index contributed by atoms with van der Waals surface area (Å²) < 4.78 is 0.870. The second kappa shape index (κ2) is 5.25. The van der Waals surface area contributed by atoms with E-state index in [0.717, 1.165) is 29.1 Å². The highest BCUT2D eigenvalue weighted by molar-refractivity contribution is 5.65. The average Bonchev–Trinajstić information content (AvgIpc) is 2.51. The molecule has 0 saturated heterocycles. The van der Waals surface area contributed by atoms with Crippen molar-refractivity contribution in [2.75, 3.05) is 0 Å². The van der Waals surface area contributed by atoms with Crippen molar-refractivity contribution < 1.29 is 9.68 Å². The molecule has 7 nitrogen and oxygen atoms in total. The first-order chi connectivity index (χ1) is 10.1. The van der Waals surface area contributed by atoms with Crippen LogP contribution in [0, 0.1) is 20.2 Å². The Bertz CT molecular complexity index is 611. The molecule has 2 aliphatic rings. The van der Waals surface area contributed by atoms with Crippen LogP contribution in [0.4, 0.5) is 5.69 Å². The van der Waals surface area contributed by atoms with Crippen LogP contribution in [-0.4, -0.2) is 26.8 Å². The van der Waals surface area contributed by atoms with Crippen LogP contribution in [0.25, 0.3) is 5.70 Å². The molecular formula is C14H15N3O4. The maximum absolute atomic E-state index is 12.5. The van der Waals surface area contributed by atoms with Crippen LogP contribution in [0.15, 0.2) is 30.5 Å². The van der Waals surface area contributed by atoms with Crippen LogP contribution in [-0.2, 0) is 0 Å². The van der Waals surface area contributed by atoms with E-state index in [1.807, 2.05) is 0 Å². The first-order valence-electron chi connectivity index (χ1n) is 6.96. The predicted molar refractivity (Wildman–Crippen MR) is 76.0 cm³/mol. The van der Waals surface area contributed by atoms with Gasteiger partial charge in [0.2, 0.25) is 12.2 Å². The van der Waals surface area contributed by atoms with Gasteiger partial charge in [0.15, 0.2) is 0 Å². The third-order valence-corrected chi connectivity index (χ3v) is 4.18. The van der Waals surface area contributed by atoms with Crippen molar-refractivity contribution >= 4 is 11.4 Å². The lowest BCUT2D eigenvalue weighted by Gasteiger charge is -2.44. The Morgan fingerprint density at radius 3 is 2.52 bits per heavy atom. The summed E-state index contributed by atoms with van der Waals surface area (Å²) >= 11 is 0. The van der Waals surface area contributed by atoms with Gasteiger partial charge < -0.3 is 10.3 Å². The summed E-state index contributed by atoms with van der Waals surface area (Å²) in [5, 5.41) is 24.0. The molecule has 1 heterocycles. The summed E-state index contributed by atoms with van der Waals surface area (Å²) in [6.45, 7) is 0. The van der Waals surface area contributed by atoms with Crippen LogP contribution in [0.3, 0.4) is 0 Å². The molecule has 7 heteroatoms. The quantitative estimate of drug-likeness (QED) is 0.474. The third-order valence-electron chi connectivity index (χ3n) is 4.18. The van der Waals surface area contributed by atoms with Gasteiger partial charge in [-0.3, -0.25) is 10.1 Å². The molecule has 0 unspecified atom stereocenters. The number of nitrogens with zero attached hydrogens (tertiary/aromatic N) is 3. The van der Waals surface area contributed by atoms with Gasteiger partial charge in [-0.15, -0.1) is 0 Å². The largest absolute Gasteiger partial charge is 0.758 e. The molecule has 21 heavy (non-hydrogen) atoms. The van der Waals surface area contributed by atoms with Crippen LogP contribution in [0.2, 0.25) is 0 Å². The van der Waals surface area contributed by atoms with E-state index >= 15 is 0 Å². The lowest BCUT2D eigenvalue weighted by Crippen LogP contribution is -2.49. The Morgan fingerprint density at radius 1 is 1.19 bits per heavy atom. The molecule has 1 saturated carbocycles. The Kier molecular flexibility index (Phi) is 3.42. The number of hydroxylamine groups is 2. The summed E-state index contributed by atoms with van der Waals surface area (Å²) in [5.74, 6) is 0. The molecular weight excluding hydrogens is 274 g/mol. The Labute approximate surface area is 121 Å². The fourth-order valence-corrected chi connectivity index (χ4v) is 3.07.